The molecule has 2 aromatic rings. The van der Waals surface area contributed by atoms with Crippen molar-refractivity contribution in [3.63, 3.8) is 0 Å². The lowest BCUT2D eigenvalue weighted by molar-refractivity contribution is -0.148. The highest BCUT2D eigenvalue weighted by molar-refractivity contribution is 7.51. The van der Waals surface area contributed by atoms with E-state index >= 15 is 0 Å². The monoisotopic (exact) mass is 668 g/mol. The Hall–Kier alpha value is -3.70. The van der Waals surface area contributed by atoms with E-state index in [0.717, 1.165) is 5.56 Å². The number of hydrogen-bond acceptors (Lipinski definition) is 16. The number of benzene rings is 1. The van der Waals surface area contributed by atoms with Gasteiger partial charge in [0.25, 0.3) is 0 Å². The summed E-state index contributed by atoms with van der Waals surface area (Å²) < 4.78 is 44.9. The molecule has 0 saturated heterocycles. The number of aliphatic hydroxyl groups excluding tert-OH is 1. The lowest BCUT2D eigenvalue weighted by atomic mass is 10.0. The zero-order valence-electron chi connectivity index (χ0n) is 26.0. The van der Waals surface area contributed by atoms with Crippen LogP contribution in [0.1, 0.15) is 25.8 Å². The molecule has 1 aliphatic rings. The summed E-state index contributed by atoms with van der Waals surface area (Å²) in [7, 11) is -1.68. The number of methoxy groups -OCH3 is 2. The molecule has 0 radical (unpaired) electrons. The summed E-state index contributed by atoms with van der Waals surface area (Å²) >= 11 is 0. The second kappa shape index (κ2) is 16.7. The van der Waals surface area contributed by atoms with E-state index in [1.54, 1.807) is 38.1 Å². The lowest BCUT2D eigenvalue weighted by Crippen LogP contribution is -2.45. The molecule has 0 bridgehead atoms. The van der Waals surface area contributed by atoms with Crippen LogP contribution in [0.5, 0.6) is 5.88 Å². The highest BCUT2D eigenvalue weighted by atomic mass is 31.2. The molecule has 46 heavy (non-hydrogen) atoms. The van der Waals surface area contributed by atoms with E-state index in [2.05, 4.69) is 20.0 Å². The molecule has 1 aliphatic carbocycles. The fourth-order valence-electron chi connectivity index (χ4n) is 4.54. The number of ether oxygens (including phenoxy) is 4. The Bertz CT molecular complexity index is 1400. The Morgan fingerprint density at radius 1 is 1.15 bits per heavy atom. The van der Waals surface area contributed by atoms with Crippen molar-refractivity contribution >= 4 is 43.4 Å². The normalized spacial score (nSPS) is 21.7. The molecule has 3 rings (SSSR count). The van der Waals surface area contributed by atoms with Gasteiger partial charge in [0.05, 0.1) is 26.7 Å². The number of nitrogens with zero attached hydrogens (tertiary/aromatic N) is 3. The fraction of sp³-hybridized carbons (Fsp3) is 0.536. The molecule has 0 aliphatic heterocycles. The number of nitrogens with one attached hydrogen (secondary N) is 1. The van der Waals surface area contributed by atoms with E-state index in [4.69, 9.17) is 39.5 Å². The first-order valence-electron chi connectivity index (χ1n) is 14.3. The number of nitrogen functional groups attached to an aromatic ring is 2. The molecule has 6 atom stereocenters. The number of nitrogens with two attached hydrogens (primary N) is 2. The van der Waals surface area contributed by atoms with Gasteiger partial charge in [0.15, 0.2) is 18.1 Å². The molecular formula is C28H41N6O11P. The van der Waals surface area contributed by atoms with Gasteiger partial charge in [-0.2, -0.15) is 9.97 Å². The maximum atomic E-state index is 13.6. The summed E-state index contributed by atoms with van der Waals surface area (Å²) in [5, 5.41) is 25.0. The van der Waals surface area contributed by atoms with Crippen LogP contribution in [0.15, 0.2) is 35.3 Å². The van der Waals surface area contributed by atoms with E-state index in [0.29, 0.717) is 0 Å². The molecule has 17 nitrogen and oxygen atoms in total. The maximum Gasteiger partial charge on any atom is 0.406 e. The summed E-state index contributed by atoms with van der Waals surface area (Å²) in [6.07, 6.45) is -1.58. The van der Waals surface area contributed by atoms with Crippen molar-refractivity contribution in [1.29, 1.82) is 0 Å². The third-order valence-electron chi connectivity index (χ3n) is 7.22. The Morgan fingerprint density at radius 3 is 2.52 bits per heavy atom. The highest BCUT2D eigenvalue weighted by Crippen LogP contribution is 2.53. The van der Waals surface area contributed by atoms with Gasteiger partial charge >= 0.3 is 19.7 Å². The molecule has 1 aromatic heterocycles. The van der Waals surface area contributed by atoms with Gasteiger partial charge in [0.1, 0.15) is 24.4 Å². The predicted octanol–water partition coefficient (Wildman–Crippen LogP) is 1.15. The first-order valence-corrected chi connectivity index (χ1v) is 15.9. The largest absolute Gasteiger partial charge is 0.479 e. The first kappa shape index (κ1) is 36.8. The van der Waals surface area contributed by atoms with Crippen molar-refractivity contribution < 1.29 is 52.4 Å². The molecule has 18 heteroatoms. The Kier molecular flexibility index (Phi) is 13.4. The topological polar surface area (TPSA) is 249 Å². The minimum atomic E-state index is -4.29. The molecule has 1 fully saturated rings. The predicted molar refractivity (Wildman–Crippen MR) is 165 cm³/mol. The van der Waals surface area contributed by atoms with Gasteiger partial charge in [-0.25, -0.2) is 14.4 Å². The molecule has 1 aromatic carbocycles. The van der Waals surface area contributed by atoms with Crippen LogP contribution in [0.4, 0.5) is 17.5 Å². The van der Waals surface area contributed by atoms with Gasteiger partial charge in [0, 0.05) is 25.8 Å². The smallest absolute Gasteiger partial charge is 0.406 e. The van der Waals surface area contributed by atoms with E-state index in [1.165, 1.54) is 20.4 Å². The summed E-state index contributed by atoms with van der Waals surface area (Å²) in [4.78, 5) is 36.1. The van der Waals surface area contributed by atoms with Crippen LogP contribution in [0.3, 0.4) is 0 Å². The Balaban J connectivity index is 1.66. The number of aromatic nitrogens is 2. The summed E-state index contributed by atoms with van der Waals surface area (Å²) in [5.41, 5.74) is 10.6. The highest BCUT2D eigenvalue weighted by Gasteiger charge is 2.66. The number of aliphatic hydroxyl groups is 2. The van der Waals surface area contributed by atoms with E-state index in [-0.39, 0.29) is 49.5 Å². The minimum Gasteiger partial charge on any atom is -0.479 e. The molecule has 0 amide bonds. The number of carbonyl (C=O) groups excluding carboxylic acids is 2. The summed E-state index contributed by atoms with van der Waals surface area (Å²) in [6.45, 7) is 1.96. The molecule has 1 heterocycles. The van der Waals surface area contributed by atoms with Crippen LogP contribution >= 0.6 is 7.75 Å². The van der Waals surface area contributed by atoms with Crippen LogP contribution < -0.4 is 21.3 Å². The van der Waals surface area contributed by atoms with Crippen molar-refractivity contribution in [2.45, 2.75) is 44.7 Å². The second-order valence-electron chi connectivity index (χ2n) is 10.2. The second-order valence-corrected chi connectivity index (χ2v) is 12.0. The fourth-order valence-corrected chi connectivity index (χ4v) is 5.80. The van der Waals surface area contributed by atoms with E-state index < -0.39 is 62.5 Å². The number of esters is 2. The molecule has 5 unspecified atom stereocenters. The van der Waals surface area contributed by atoms with Crippen LogP contribution in [-0.4, -0.2) is 96.7 Å². The number of anilines is 2. The summed E-state index contributed by atoms with van der Waals surface area (Å²) in [5.74, 6) is -2.69. The van der Waals surface area contributed by atoms with Gasteiger partial charge in [-0.1, -0.05) is 37.3 Å². The zero-order chi connectivity index (χ0) is 33.9. The van der Waals surface area contributed by atoms with Gasteiger partial charge < -0.3 is 40.6 Å². The van der Waals surface area contributed by atoms with Crippen LogP contribution in [0.25, 0.3) is 0 Å². The average molecular weight is 669 g/mol. The van der Waals surface area contributed by atoms with Crippen molar-refractivity contribution in [2.75, 3.05) is 52.1 Å². The molecular weight excluding hydrogens is 627 g/mol. The van der Waals surface area contributed by atoms with Crippen molar-refractivity contribution in [3.8, 4) is 5.88 Å². The number of aliphatic imine (C=N–C) groups is 1. The third-order valence-corrected chi connectivity index (χ3v) is 8.79. The Morgan fingerprint density at radius 2 is 1.87 bits per heavy atom. The van der Waals surface area contributed by atoms with Gasteiger partial charge in [0.2, 0.25) is 11.8 Å². The molecule has 254 valence electrons. The molecule has 7 N–H and O–H groups in total. The summed E-state index contributed by atoms with van der Waals surface area (Å²) in [6, 6.07) is 8.91. The van der Waals surface area contributed by atoms with Crippen LogP contribution in [-0.2, 0) is 44.0 Å². The van der Waals surface area contributed by atoms with Gasteiger partial charge in [-0.3, -0.25) is 18.8 Å². The lowest BCUT2D eigenvalue weighted by Gasteiger charge is -2.28. The number of rotatable bonds is 19. The quantitative estimate of drug-likeness (QED) is 0.0800. The van der Waals surface area contributed by atoms with Crippen molar-refractivity contribution in [2.24, 2.45) is 16.8 Å². The average Bonchev–Trinajstić information content (AvgIpc) is 3.57. The van der Waals surface area contributed by atoms with Crippen molar-refractivity contribution in [3.05, 3.63) is 35.9 Å². The Labute approximate surface area is 266 Å². The first-order chi connectivity index (χ1) is 21.9. The van der Waals surface area contributed by atoms with Crippen molar-refractivity contribution in [1.82, 2.24) is 15.1 Å². The number of hydrogen-bond donors (Lipinski definition) is 5. The van der Waals surface area contributed by atoms with Crippen LogP contribution in [0.2, 0.25) is 0 Å². The zero-order valence-corrected chi connectivity index (χ0v) is 26.9. The number of carbonyl (C=O) groups is 2. The molecule has 0 spiro atoms. The minimum absolute atomic E-state index is 0.0250. The van der Waals surface area contributed by atoms with E-state index in [9.17, 15) is 24.4 Å². The third kappa shape index (κ3) is 9.65. The van der Waals surface area contributed by atoms with Crippen LogP contribution in [0, 0.1) is 11.8 Å². The maximum absolute atomic E-state index is 13.6. The molecule has 1 saturated carbocycles. The van der Waals surface area contributed by atoms with Gasteiger partial charge in [-0.15, -0.1) is 0 Å². The van der Waals surface area contributed by atoms with E-state index in [1.807, 2.05) is 6.07 Å². The van der Waals surface area contributed by atoms with Gasteiger partial charge in [-0.05, 0) is 18.4 Å². The standard InChI is InChI=1S/C28H41N6O11P/c1-5-42-21(35)11-12-32-46(39,45-16-22(36)43-14-18-9-7-6-8-10-18)44-15-20(40-3)24(37)28(38)17(2)19(28)13-31-23-25(29)33-27(30)34-26(23)41-4/h6-10,13,17,19-20,24,37-38H,5,11-12,14-16H2,1-4H3,(H,32,39)(H4,29,30,33,34)/t17?,19?,20?,24?,28-,46?/m0/s1. The SMILES string of the molecule is CCOC(=O)CCNP(=O)(OCC(=O)OCc1ccccc1)OCC(OC)C(O)[C@]1(O)C(C)C1C=Nc1c(N)nc(N)nc1OC.